The molecule has 0 bridgehead atoms. The Hall–Kier alpha value is -2.67. The van der Waals surface area contributed by atoms with Gasteiger partial charge in [-0.3, -0.25) is 20.4 Å². The Kier molecular flexibility index (Phi) is 5.26. The largest absolute Gasteiger partial charge is 0.459 e. The monoisotopic (exact) mass is 306 g/mol. The molecule has 0 aliphatic heterocycles. The van der Waals surface area contributed by atoms with Gasteiger partial charge in [0.2, 0.25) is 0 Å². The van der Waals surface area contributed by atoms with E-state index in [1.165, 1.54) is 18.4 Å². The van der Waals surface area contributed by atoms with E-state index in [9.17, 15) is 14.0 Å². The first-order chi connectivity index (χ1) is 10.6. The minimum absolute atomic E-state index is 0.0900. The maximum atomic E-state index is 13.5. The quantitative estimate of drug-likeness (QED) is 0.675. The van der Waals surface area contributed by atoms with Crippen LogP contribution in [0.4, 0.5) is 4.39 Å². The summed E-state index contributed by atoms with van der Waals surface area (Å²) in [4.78, 5) is 24.1. The van der Waals surface area contributed by atoms with Gasteiger partial charge in [0.05, 0.1) is 13.3 Å². The first-order valence-corrected chi connectivity index (χ1v) is 6.73. The van der Waals surface area contributed by atoms with Crippen LogP contribution in [0.1, 0.15) is 16.1 Å². The van der Waals surface area contributed by atoms with Crippen molar-refractivity contribution in [2.24, 2.45) is 0 Å². The number of carbonyl (C=O) groups excluding carboxylic acids is 2. The summed E-state index contributed by atoms with van der Waals surface area (Å²) in [7, 11) is 1.76. The lowest BCUT2D eigenvalue weighted by molar-refractivity contribution is -0.885. The van der Waals surface area contributed by atoms with Gasteiger partial charge in [0.25, 0.3) is 5.91 Å². The number of carbonyl (C=O) groups is 2. The molecule has 116 valence electrons. The minimum Gasteiger partial charge on any atom is -0.459 e. The number of nitrogens with one attached hydrogen (secondary N) is 3. The summed E-state index contributed by atoms with van der Waals surface area (Å²) < 4.78 is 18.4. The van der Waals surface area contributed by atoms with Crippen LogP contribution in [-0.4, -0.2) is 25.4 Å². The fraction of sp³-hybridized carbons (Fsp3) is 0.200. The molecule has 0 spiro atoms. The van der Waals surface area contributed by atoms with Gasteiger partial charge in [-0.1, -0.05) is 18.2 Å². The van der Waals surface area contributed by atoms with Crippen LogP contribution in [0.2, 0.25) is 0 Å². The number of amides is 2. The lowest BCUT2D eigenvalue weighted by Crippen LogP contribution is -3.09. The van der Waals surface area contributed by atoms with Gasteiger partial charge in [0, 0.05) is 5.56 Å². The van der Waals surface area contributed by atoms with E-state index in [4.69, 9.17) is 4.42 Å². The molecular formula is C15H17FN3O3+. The summed E-state index contributed by atoms with van der Waals surface area (Å²) in [6.07, 6.45) is 1.36. The Morgan fingerprint density at radius 1 is 1.18 bits per heavy atom. The third-order valence-corrected chi connectivity index (χ3v) is 2.97. The fourth-order valence-electron chi connectivity index (χ4n) is 1.94. The summed E-state index contributed by atoms with van der Waals surface area (Å²) in [5.41, 5.74) is 5.07. The van der Waals surface area contributed by atoms with Crippen LogP contribution >= 0.6 is 0 Å². The number of hydrogen-bond donors (Lipinski definition) is 3. The zero-order chi connectivity index (χ0) is 15.9. The highest BCUT2D eigenvalue weighted by atomic mass is 19.1. The predicted molar refractivity (Wildman–Crippen MR) is 76.2 cm³/mol. The summed E-state index contributed by atoms with van der Waals surface area (Å²) in [5.74, 6) is -1.11. The molecule has 2 amide bonds. The third-order valence-electron chi connectivity index (χ3n) is 2.97. The van der Waals surface area contributed by atoms with E-state index in [2.05, 4.69) is 10.9 Å². The molecule has 1 aromatic heterocycles. The molecule has 7 heteroatoms. The maximum absolute atomic E-state index is 13.5. The number of rotatable bonds is 5. The van der Waals surface area contributed by atoms with E-state index < -0.39 is 5.91 Å². The first-order valence-electron chi connectivity index (χ1n) is 6.73. The van der Waals surface area contributed by atoms with Crippen LogP contribution in [0.15, 0.2) is 47.1 Å². The summed E-state index contributed by atoms with van der Waals surface area (Å²) in [6, 6.07) is 9.47. The van der Waals surface area contributed by atoms with Gasteiger partial charge < -0.3 is 9.32 Å². The number of benzene rings is 1. The molecule has 1 atom stereocenters. The van der Waals surface area contributed by atoms with E-state index in [1.807, 2.05) is 0 Å². The molecule has 0 saturated carbocycles. The maximum Gasteiger partial charge on any atom is 0.305 e. The second-order valence-corrected chi connectivity index (χ2v) is 4.88. The van der Waals surface area contributed by atoms with Crippen molar-refractivity contribution < 1.29 is 23.3 Å². The first kappa shape index (κ1) is 15.7. The highest BCUT2D eigenvalue weighted by Crippen LogP contribution is 2.03. The van der Waals surface area contributed by atoms with Gasteiger partial charge in [0.1, 0.15) is 12.4 Å². The molecule has 0 aliphatic carbocycles. The summed E-state index contributed by atoms with van der Waals surface area (Å²) in [5, 5.41) is 0. The summed E-state index contributed by atoms with van der Waals surface area (Å²) >= 11 is 0. The Morgan fingerprint density at radius 3 is 2.64 bits per heavy atom. The second kappa shape index (κ2) is 7.37. The van der Waals surface area contributed by atoms with Gasteiger partial charge >= 0.3 is 5.91 Å². The van der Waals surface area contributed by atoms with Crippen LogP contribution in [-0.2, 0) is 11.3 Å². The number of quaternary nitrogens is 1. The predicted octanol–water partition coefficient (Wildman–Crippen LogP) is -0.105. The van der Waals surface area contributed by atoms with Gasteiger partial charge in [-0.05, 0) is 18.2 Å². The van der Waals surface area contributed by atoms with Crippen molar-refractivity contribution in [2.75, 3.05) is 13.6 Å². The molecule has 1 unspecified atom stereocenters. The van der Waals surface area contributed by atoms with Crippen molar-refractivity contribution in [3.05, 3.63) is 59.8 Å². The van der Waals surface area contributed by atoms with Gasteiger partial charge in [-0.15, -0.1) is 0 Å². The zero-order valence-corrected chi connectivity index (χ0v) is 12.1. The Bertz CT molecular complexity index is 643. The van der Waals surface area contributed by atoms with E-state index in [1.54, 1.807) is 31.3 Å². The van der Waals surface area contributed by atoms with Crippen LogP contribution in [0, 0.1) is 5.82 Å². The Morgan fingerprint density at radius 2 is 1.95 bits per heavy atom. The molecule has 0 aliphatic rings. The molecule has 6 nitrogen and oxygen atoms in total. The van der Waals surface area contributed by atoms with Crippen LogP contribution in [0.5, 0.6) is 0 Å². The van der Waals surface area contributed by atoms with Crippen molar-refractivity contribution >= 4 is 11.8 Å². The van der Waals surface area contributed by atoms with Crippen molar-refractivity contribution in [2.45, 2.75) is 6.54 Å². The van der Waals surface area contributed by atoms with Crippen molar-refractivity contribution in [1.82, 2.24) is 10.9 Å². The highest BCUT2D eigenvalue weighted by Gasteiger charge is 2.14. The van der Waals surface area contributed by atoms with E-state index in [0.29, 0.717) is 12.1 Å². The van der Waals surface area contributed by atoms with Crippen LogP contribution in [0.25, 0.3) is 0 Å². The molecule has 2 rings (SSSR count). The molecule has 0 fully saturated rings. The Balaban J connectivity index is 1.77. The topological polar surface area (TPSA) is 75.8 Å². The molecule has 3 N–H and O–H groups in total. The van der Waals surface area contributed by atoms with Gasteiger partial charge in [-0.25, -0.2) is 4.39 Å². The molecular weight excluding hydrogens is 289 g/mol. The average molecular weight is 306 g/mol. The lowest BCUT2D eigenvalue weighted by Gasteiger charge is -2.14. The molecule has 0 saturated heterocycles. The number of furan rings is 1. The summed E-state index contributed by atoms with van der Waals surface area (Å²) in [6.45, 7) is 0.457. The van der Waals surface area contributed by atoms with E-state index in [0.717, 1.165) is 4.90 Å². The van der Waals surface area contributed by atoms with Gasteiger partial charge in [0.15, 0.2) is 12.3 Å². The molecule has 1 heterocycles. The van der Waals surface area contributed by atoms with Crippen molar-refractivity contribution in [3.63, 3.8) is 0 Å². The molecule has 22 heavy (non-hydrogen) atoms. The number of hydrazine groups is 1. The highest BCUT2D eigenvalue weighted by molar-refractivity contribution is 5.92. The SMILES string of the molecule is C[NH+](CC(=O)NNC(=O)c1ccco1)Cc1ccccc1F. The van der Waals surface area contributed by atoms with Crippen LogP contribution < -0.4 is 15.8 Å². The average Bonchev–Trinajstić information content (AvgIpc) is 3.01. The number of halogens is 1. The van der Waals surface area contributed by atoms with Crippen molar-refractivity contribution in [1.29, 1.82) is 0 Å². The zero-order valence-electron chi connectivity index (χ0n) is 12.1. The lowest BCUT2D eigenvalue weighted by atomic mass is 10.2. The third kappa shape index (κ3) is 4.42. The molecule has 0 radical (unpaired) electrons. The second-order valence-electron chi connectivity index (χ2n) is 4.88. The normalized spacial score (nSPS) is 11.7. The molecule has 1 aromatic carbocycles. The smallest absolute Gasteiger partial charge is 0.305 e. The van der Waals surface area contributed by atoms with E-state index >= 15 is 0 Å². The molecule has 2 aromatic rings. The van der Waals surface area contributed by atoms with E-state index in [-0.39, 0.29) is 24.0 Å². The van der Waals surface area contributed by atoms with Crippen molar-refractivity contribution in [3.8, 4) is 0 Å². The minimum atomic E-state index is -0.537. The fourth-order valence-corrected chi connectivity index (χ4v) is 1.94. The van der Waals surface area contributed by atoms with Gasteiger partial charge in [-0.2, -0.15) is 0 Å². The van der Waals surface area contributed by atoms with Crippen LogP contribution in [0.3, 0.4) is 0 Å². The Labute approximate surface area is 126 Å². The number of likely N-dealkylation sites (N-methyl/N-ethyl adjacent to an activating group) is 1. The standard InChI is InChI=1S/C15H16FN3O3/c1-19(9-11-5-2-3-6-12(11)16)10-14(20)17-18-15(21)13-7-4-8-22-13/h2-8H,9-10H2,1H3,(H,17,20)(H,18,21)/p+1. The number of hydrogen-bond acceptors (Lipinski definition) is 3.